The normalized spacial score (nSPS) is 12.4. The van der Waals surface area contributed by atoms with E-state index in [1.807, 2.05) is 30.8 Å². The first-order valence-electron chi connectivity index (χ1n) is 8.37. The summed E-state index contributed by atoms with van der Waals surface area (Å²) in [5.74, 6) is -0.109. The Morgan fingerprint density at radius 3 is 3.00 bits per heavy atom. The highest BCUT2D eigenvalue weighted by atomic mass is 32.1. The molecule has 0 spiro atoms. The predicted molar refractivity (Wildman–Crippen MR) is 103 cm³/mol. The lowest BCUT2D eigenvalue weighted by Gasteiger charge is -2.11. The molecule has 0 saturated heterocycles. The molecule has 2 N–H and O–H groups in total. The summed E-state index contributed by atoms with van der Waals surface area (Å²) in [6.45, 7) is 2.38. The molecule has 4 aromatic heterocycles. The van der Waals surface area contributed by atoms with Crippen molar-refractivity contribution in [2.75, 3.05) is 13.7 Å². The molecule has 4 rings (SSSR count). The second kappa shape index (κ2) is 7.29. The van der Waals surface area contributed by atoms with Crippen LogP contribution < -0.4 is 5.32 Å². The maximum absolute atomic E-state index is 12.4. The first kappa shape index (κ1) is 17.4. The van der Waals surface area contributed by atoms with Crippen molar-refractivity contribution >= 4 is 22.9 Å². The average molecular weight is 382 g/mol. The number of nitrogens with zero attached hydrogens (tertiary/aromatic N) is 4. The molecule has 8 nitrogen and oxygen atoms in total. The number of hydrogen-bond donors (Lipinski definition) is 2. The minimum atomic E-state index is -0.109. The number of carbonyl (C=O) groups excluding carboxylic acids is 1. The van der Waals surface area contributed by atoms with Crippen molar-refractivity contribution in [1.82, 2.24) is 30.1 Å². The van der Waals surface area contributed by atoms with Crippen molar-refractivity contribution < 1.29 is 9.53 Å². The Hall–Kier alpha value is -3.04. The summed E-state index contributed by atoms with van der Waals surface area (Å²) < 4.78 is 6.78. The number of ether oxygens (including phenoxy) is 1. The van der Waals surface area contributed by atoms with Gasteiger partial charge < -0.3 is 10.1 Å². The SMILES string of the molecule is COCC(C)NC(=O)c1cc(-c2cnn3cc(-c4cn[nH]c4)cnc23)cs1. The fourth-order valence-electron chi connectivity index (χ4n) is 2.82. The highest BCUT2D eigenvalue weighted by Crippen LogP contribution is 2.29. The van der Waals surface area contributed by atoms with E-state index in [2.05, 4.69) is 25.6 Å². The Morgan fingerprint density at radius 1 is 1.33 bits per heavy atom. The number of aromatic amines is 1. The number of methoxy groups -OCH3 is 1. The number of thiophene rings is 1. The maximum Gasteiger partial charge on any atom is 0.261 e. The molecule has 0 saturated carbocycles. The zero-order valence-electron chi connectivity index (χ0n) is 14.8. The van der Waals surface area contributed by atoms with Gasteiger partial charge in [0.1, 0.15) is 0 Å². The van der Waals surface area contributed by atoms with Crippen LogP contribution in [0.3, 0.4) is 0 Å². The molecule has 1 amide bonds. The maximum atomic E-state index is 12.4. The van der Waals surface area contributed by atoms with Crippen molar-refractivity contribution in [3.63, 3.8) is 0 Å². The molecule has 0 aliphatic carbocycles. The number of amides is 1. The van der Waals surface area contributed by atoms with Crippen LogP contribution in [0.25, 0.3) is 27.9 Å². The predicted octanol–water partition coefficient (Wildman–Crippen LogP) is 2.61. The van der Waals surface area contributed by atoms with E-state index in [9.17, 15) is 4.79 Å². The molecule has 0 aliphatic rings. The summed E-state index contributed by atoms with van der Waals surface area (Å²) in [4.78, 5) is 17.5. The molecule has 27 heavy (non-hydrogen) atoms. The molecule has 138 valence electrons. The Kier molecular flexibility index (Phi) is 4.69. The molecule has 0 fully saturated rings. The summed E-state index contributed by atoms with van der Waals surface area (Å²) in [5.41, 5.74) is 4.40. The van der Waals surface area contributed by atoms with Gasteiger partial charge in [0.15, 0.2) is 5.65 Å². The van der Waals surface area contributed by atoms with Crippen LogP contribution in [0.4, 0.5) is 0 Å². The van der Waals surface area contributed by atoms with Gasteiger partial charge >= 0.3 is 0 Å². The van der Waals surface area contributed by atoms with Crippen LogP contribution in [-0.2, 0) is 4.74 Å². The van der Waals surface area contributed by atoms with Crippen LogP contribution in [0.2, 0.25) is 0 Å². The Balaban J connectivity index is 1.60. The summed E-state index contributed by atoms with van der Waals surface area (Å²) in [6, 6.07) is 1.82. The number of fused-ring (bicyclic) bond motifs is 1. The molecular weight excluding hydrogens is 364 g/mol. The summed E-state index contributed by atoms with van der Waals surface area (Å²) in [6.07, 6.45) is 9.00. The summed E-state index contributed by atoms with van der Waals surface area (Å²) in [7, 11) is 1.61. The lowest BCUT2D eigenvalue weighted by molar-refractivity contribution is 0.0909. The third-order valence-electron chi connectivity index (χ3n) is 4.12. The van der Waals surface area contributed by atoms with E-state index in [0.29, 0.717) is 11.5 Å². The van der Waals surface area contributed by atoms with E-state index >= 15 is 0 Å². The van der Waals surface area contributed by atoms with Crippen molar-refractivity contribution in [1.29, 1.82) is 0 Å². The largest absolute Gasteiger partial charge is 0.383 e. The molecule has 0 radical (unpaired) electrons. The third kappa shape index (κ3) is 3.46. The van der Waals surface area contributed by atoms with Crippen LogP contribution in [0.15, 0.2) is 42.4 Å². The molecule has 0 aliphatic heterocycles. The monoisotopic (exact) mass is 382 g/mol. The molecule has 9 heteroatoms. The standard InChI is InChI=1S/C18H18N6O2S/c1-11(9-26-2)23-18(25)16-3-12(10-27-16)15-7-22-24-8-14(4-19-17(15)24)13-5-20-21-6-13/h3-8,10-11H,9H2,1-2H3,(H,20,21)(H,23,25). The number of hydrogen-bond acceptors (Lipinski definition) is 6. The highest BCUT2D eigenvalue weighted by molar-refractivity contribution is 7.12. The summed E-state index contributed by atoms with van der Waals surface area (Å²) >= 11 is 1.40. The average Bonchev–Trinajstić information content (AvgIpc) is 3.40. The van der Waals surface area contributed by atoms with Crippen molar-refractivity contribution in [3.05, 3.63) is 47.3 Å². The zero-order valence-corrected chi connectivity index (χ0v) is 15.7. The zero-order chi connectivity index (χ0) is 18.8. The fourth-order valence-corrected chi connectivity index (χ4v) is 3.63. The number of aromatic nitrogens is 5. The Bertz CT molecular complexity index is 1070. The summed E-state index contributed by atoms with van der Waals surface area (Å²) in [5, 5.41) is 16.0. The van der Waals surface area contributed by atoms with Gasteiger partial charge in [-0.1, -0.05) is 0 Å². The molecule has 0 bridgehead atoms. The Labute approximate surface area is 159 Å². The van der Waals surface area contributed by atoms with Gasteiger partial charge in [-0.2, -0.15) is 10.2 Å². The van der Waals surface area contributed by atoms with Gasteiger partial charge in [-0.05, 0) is 23.9 Å². The van der Waals surface area contributed by atoms with E-state index < -0.39 is 0 Å². The van der Waals surface area contributed by atoms with Crippen molar-refractivity contribution in [2.45, 2.75) is 13.0 Å². The van der Waals surface area contributed by atoms with Crippen LogP contribution >= 0.6 is 11.3 Å². The quantitative estimate of drug-likeness (QED) is 0.534. The molecule has 4 aromatic rings. The molecule has 1 unspecified atom stereocenters. The molecule has 0 aromatic carbocycles. The minimum absolute atomic E-state index is 0.0481. The molecular formula is C18H18N6O2S. The van der Waals surface area contributed by atoms with Crippen LogP contribution in [-0.4, -0.2) is 50.5 Å². The van der Waals surface area contributed by atoms with Crippen LogP contribution in [0.5, 0.6) is 0 Å². The van der Waals surface area contributed by atoms with Crippen LogP contribution in [0.1, 0.15) is 16.6 Å². The first-order chi connectivity index (χ1) is 13.2. The van der Waals surface area contributed by atoms with Crippen molar-refractivity contribution in [3.8, 4) is 22.3 Å². The Morgan fingerprint density at radius 2 is 2.22 bits per heavy atom. The molecule has 4 heterocycles. The molecule has 1 atom stereocenters. The van der Waals surface area contributed by atoms with E-state index in [0.717, 1.165) is 27.9 Å². The van der Waals surface area contributed by atoms with E-state index in [4.69, 9.17) is 4.74 Å². The smallest absolute Gasteiger partial charge is 0.261 e. The van der Waals surface area contributed by atoms with E-state index in [1.54, 1.807) is 30.2 Å². The van der Waals surface area contributed by atoms with Gasteiger partial charge in [-0.25, -0.2) is 9.50 Å². The first-order valence-corrected chi connectivity index (χ1v) is 9.25. The number of nitrogens with one attached hydrogen (secondary N) is 2. The van der Waals surface area contributed by atoms with Gasteiger partial charge in [0, 0.05) is 48.4 Å². The van der Waals surface area contributed by atoms with Gasteiger partial charge in [0.25, 0.3) is 5.91 Å². The topological polar surface area (TPSA) is 97.2 Å². The second-order valence-corrected chi connectivity index (χ2v) is 7.10. The minimum Gasteiger partial charge on any atom is -0.383 e. The van der Waals surface area contributed by atoms with Gasteiger partial charge in [0.2, 0.25) is 0 Å². The van der Waals surface area contributed by atoms with Crippen LogP contribution in [0, 0.1) is 0 Å². The number of rotatable bonds is 6. The van der Waals surface area contributed by atoms with Crippen molar-refractivity contribution in [2.24, 2.45) is 0 Å². The van der Waals surface area contributed by atoms with Gasteiger partial charge in [-0.15, -0.1) is 11.3 Å². The lowest BCUT2D eigenvalue weighted by Crippen LogP contribution is -2.35. The number of carbonyl (C=O) groups is 1. The van der Waals surface area contributed by atoms with E-state index in [1.165, 1.54) is 11.3 Å². The second-order valence-electron chi connectivity index (χ2n) is 6.19. The van der Waals surface area contributed by atoms with Gasteiger partial charge in [-0.3, -0.25) is 9.89 Å². The number of H-pyrrole nitrogens is 1. The van der Waals surface area contributed by atoms with E-state index in [-0.39, 0.29) is 11.9 Å². The fraction of sp³-hybridized carbons (Fsp3) is 0.222. The highest BCUT2D eigenvalue weighted by Gasteiger charge is 2.16. The third-order valence-corrected chi connectivity index (χ3v) is 5.05. The lowest BCUT2D eigenvalue weighted by atomic mass is 10.1. The van der Waals surface area contributed by atoms with Gasteiger partial charge in [0.05, 0.1) is 23.9 Å².